The third kappa shape index (κ3) is 2.47. The average molecular weight is 194 g/mol. The van der Waals surface area contributed by atoms with Gasteiger partial charge in [-0.2, -0.15) is 0 Å². The second-order valence-corrected chi connectivity index (χ2v) is 4.00. The van der Waals surface area contributed by atoms with Gasteiger partial charge in [0.25, 0.3) is 0 Å². The third-order valence-electron chi connectivity index (χ3n) is 2.72. The van der Waals surface area contributed by atoms with E-state index in [0.29, 0.717) is 5.92 Å². The molecule has 2 heteroatoms. The second kappa shape index (κ2) is 4.45. The number of carbonyl (C=O) groups excluding carboxylic acids is 1. The third-order valence-corrected chi connectivity index (χ3v) is 2.72. The highest BCUT2D eigenvalue weighted by atomic mass is 16.5. The van der Waals surface area contributed by atoms with Crippen molar-refractivity contribution in [3.05, 3.63) is 24.3 Å². The Morgan fingerprint density at radius 2 is 2.07 bits per heavy atom. The lowest BCUT2D eigenvalue weighted by Crippen LogP contribution is -2.27. The zero-order valence-electron chi connectivity index (χ0n) is 9.01. The lowest BCUT2D eigenvalue weighted by Gasteiger charge is -2.31. The number of allylic oxidation sites excluding steroid dienone is 1. The van der Waals surface area contributed by atoms with E-state index in [2.05, 4.69) is 13.2 Å². The molecule has 0 amide bonds. The second-order valence-electron chi connectivity index (χ2n) is 4.00. The summed E-state index contributed by atoms with van der Waals surface area (Å²) in [4.78, 5) is 10.8. The molecule has 0 spiro atoms. The molecule has 1 aliphatic carbocycles. The van der Waals surface area contributed by atoms with E-state index in [1.54, 1.807) is 0 Å². The largest absolute Gasteiger partial charge is 0.458 e. The van der Waals surface area contributed by atoms with Crippen molar-refractivity contribution in [1.82, 2.24) is 0 Å². The van der Waals surface area contributed by atoms with Crippen LogP contribution in [0.15, 0.2) is 24.3 Å². The topological polar surface area (TPSA) is 26.3 Å². The molecule has 0 N–H and O–H groups in total. The Hall–Kier alpha value is -1.05. The van der Waals surface area contributed by atoms with Gasteiger partial charge in [-0.05, 0) is 31.8 Å². The number of ether oxygens (including phenoxy) is 1. The number of esters is 1. The maximum absolute atomic E-state index is 10.8. The minimum absolute atomic E-state index is 0.0945. The maximum Gasteiger partial charge on any atom is 0.303 e. The van der Waals surface area contributed by atoms with Gasteiger partial charge < -0.3 is 4.74 Å². The molecule has 14 heavy (non-hydrogen) atoms. The number of rotatable bonds is 2. The summed E-state index contributed by atoms with van der Waals surface area (Å²) in [6.07, 6.45) is 2.98. The van der Waals surface area contributed by atoms with Crippen LogP contribution in [-0.4, -0.2) is 12.1 Å². The molecule has 0 aromatic rings. The predicted octanol–water partition coefficient (Wildman–Crippen LogP) is 2.85. The zero-order valence-corrected chi connectivity index (χ0v) is 9.01. The van der Waals surface area contributed by atoms with Crippen LogP contribution in [0.2, 0.25) is 0 Å². The Labute approximate surface area is 85.6 Å². The monoisotopic (exact) mass is 194 g/mol. The molecule has 2 unspecified atom stereocenters. The SMILES string of the molecule is C=C(C)C1CCCC(OC(C)=O)C1=C. The molecular weight excluding hydrogens is 176 g/mol. The van der Waals surface area contributed by atoms with Crippen molar-refractivity contribution in [2.45, 2.75) is 39.2 Å². The molecule has 78 valence electrons. The molecule has 0 aromatic carbocycles. The quantitative estimate of drug-likeness (QED) is 0.499. The fraction of sp³-hybridized carbons (Fsp3) is 0.583. The van der Waals surface area contributed by atoms with Gasteiger partial charge in [0.1, 0.15) is 6.10 Å². The van der Waals surface area contributed by atoms with Crippen LogP contribution in [-0.2, 0) is 9.53 Å². The minimum Gasteiger partial charge on any atom is -0.458 e. The van der Waals surface area contributed by atoms with Gasteiger partial charge in [-0.1, -0.05) is 18.7 Å². The molecule has 1 aliphatic rings. The zero-order chi connectivity index (χ0) is 10.7. The number of carbonyl (C=O) groups is 1. The van der Waals surface area contributed by atoms with Crippen molar-refractivity contribution in [1.29, 1.82) is 0 Å². The summed E-state index contributed by atoms with van der Waals surface area (Å²) in [5.74, 6) is 0.103. The van der Waals surface area contributed by atoms with Crippen LogP contribution in [0.4, 0.5) is 0 Å². The summed E-state index contributed by atoms with van der Waals surface area (Å²) in [6.45, 7) is 11.4. The fourth-order valence-electron chi connectivity index (χ4n) is 2.00. The standard InChI is InChI=1S/C12H18O2/c1-8(2)11-6-5-7-12(9(11)3)14-10(4)13/h11-12H,1,3,5-7H2,2,4H3. The van der Waals surface area contributed by atoms with Crippen molar-refractivity contribution in [3.8, 4) is 0 Å². The van der Waals surface area contributed by atoms with Crippen molar-refractivity contribution in [3.63, 3.8) is 0 Å². The number of hydrogen-bond donors (Lipinski definition) is 0. The molecule has 0 aromatic heterocycles. The molecule has 0 radical (unpaired) electrons. The maximum atomic E-state index is 10.8. The van der Waals surface area contributed by atoms with E-state index in [0.717, 1.165) is 30.4 Å². The van der Waals surface area contributed by atoms with Gasteiger partial charge in [-0.3, -0.25) is 4.79 Å². The average Bonchev–Trinajstić information content (AvgIpc) is 2.07. The van der Waals surface area contributed by atoms with Crippen LogP contribution in [0.1, 0.15) is 33.1 Å². The minimum atomic E-state index is -0.224. The Bertz CT molecular complexity index is 265. The molecule has 1 rings (SSSR count). The Balaban J connectivity index is 2.66. The molecule has 1 saturated carbocycles. The van der Waals surface area contributed by atoms with Gasteiger partial charge in [-0.15, -0.1) is 0 Å². The summed E-state index contributed by atoms with van der Waals surface area (Å²) >= 11 is 0. The lowest BCUT2D eigenvalue weighted by atomic mass is 9.79. The van der Waals surface area contributed by atoms with Crippen molar-refractivity contribution in [2.24, 2.45) is 5.92 Å². The van der Waals surface area contributed by atoms with Gasteiger partial charge >= 0.3 is 5.97 Å². The molecule has 0 aliphatic heterocycles. The Morgan fingerprint density at radius 3 is 2.57 bits per heavy atom. The normalized spacial score (nSPS) is 27.1. The molecule has 2 atom stereocenters. The van der Waals surface area contributed by atoms with E-state index in [1.807, 2.05) is 6.92 Å². The van der Waals surface area contributed by atoms with Crippen molar-refractivity contribution >= 4 is 5.97 Å². The molecule has 0 bridgehead atoms. The summed E-state index contributed by atoms with van der Waals surface area (Å²) in [5, 5.41) is 0. The van der Waals surface area contributed by atoms with Crippen molar-refractivity contribution in [2.75, 3.05) is 0 Å². The van der Waals surface area contributed by atoms with E-state index in [4.69, 9.17) is 4.74 Å². The van der Waals surface area contributed by atoms with E-state index >= 15 is 0 Å². The van der Waals surface area contributed by atoms with Crippen LogP contribution in [0.3, 0.4) is 0 Å². The summed E-state index contributed by atoms with van der Waals surface area (Å²) in [5.41, 5.74) is 2.13. The van der Waals surface area contributed by atoms with Gasteiger partial charge in [-0.25, -0.2) is 0 Å². The van der Waals surface area contributed by atoms with Crippen molar-refractivity contribution < 1.29 is 9.53 Å². The summed E-state index contributed by atoms with van der Waals surface area (Å²) < 4.78 is 5.20. The van der Waals surface area contributed by atoms with E-state index in [1.165, 1.54) is 6.92 Å². The number of hydrogen-bond acceptors (Lipinski definition) is 2. The lowest BCUT2D eigenvalue weighted by molar-refractivity contribution is -0.145. The van der Waals surface area contributed by atoms with Crippen LogP contribution in [0, 0.1) is 5.92 Å². The first-order valence-electron chi connectivity index (χ1n) is 5.03. The molecule has 0 heterocycles. The molecule has 1 fully saturated rings. The molecule has 0 saturated heterocycles. The van der Waals surface area contributed by atoms with Gasteiger partial charge in [0, 0.05) is 12.8 Å². The van der Waals surface area contributed by atoms with Crippen LogP contribution < -0.4 is 0 Å². The van der Waals surface area contributed by atoms with E-state index in [-0.39, 0.29) is 12.1 Å². The van der Waals surface area contributed by atoms with Gasteiger partial charge in [0.05, 0.1) is 0 Å². The van der Waals surface area contributed by atoms with Crippen LogP contribution in [0.5, 0.6) is 0 Å². The first-order chi connectivity index (χ1) is 6.52. The Kier molecular flexibility index (Phi) is 3.50. The van der Waals surface area contributed by atoms with E-state index < -0.39 is 0 Å². The first-order valence-corrected chi connectivity index (χ1v) is 5.03. The summed E-state index contributed by atoms with van der Waals surface area (Å²) in [6, 6.07) is 0. The predicted molar refractivity (Wildman–Crippen MR) is 56.8 cm³/mol. The highest BCUT2D eigenvalue weighted by molar-refractivity contribution is 5.66. The first kappa shape index (κ1) is 11.0. The molecule has 2 nitrogen and oxygen atoms in total. The smallest absolute Gasteiger partial charge is 0.303 e. The Morgan fingerprint density at radius 1 is 1.43 bits per heavy atom. The van der Waals surface area contributed by atoms with Gasteiger partial charge in [0.15, 0.2) is 0 Å². The highest BCUT2D eigenvalue weighted by Gasteiger charge is 2.28. The van der Waals surface area contributed by atoms with Crippen LogP contribution >= 0.6 is 0 Å². The van der Waals surface area contributed by atoms with Gasteiger partial charge in [0.2, 0.25) is 0 Å². The fourth-order valence-corrected chi connectivity index (χ4v) is 2.00. The summed E-state index contributed by atoms with van der Waals surface area (Å²) in [7, 11) is 0. The van der Waals surface area contributed by atoms with E-state index in [9.17, 15) is 4.79 Å². The highest BCUT2D eigenvalue weighted by Crippen LogP contribution is 2.34. The molecular formula is C12H18O2. The van der Waals surface area contributed by atoms with Crippen LogP contribution in [0.25, 0.3) is 0 Å².